The maximum Gasteiger partial charge on any atom is 0.123 e. The first-order chi connectivity index (χ1) is 7.60. The zero-order chi connectivity index (χ0) is 11.6. The van der Waals surface area contributed by atoms with Crippen molar-refractivity contribution in [3.63, 3.8) is 0 Å². The van der Waals surface area contributed by atoms with Crippen LogP contribution in [0.1, 0.15) is 25.3 Å². The van der Waals surface area contributed by atoms with E-state index in [0.717, 1.165) is 12.0 Å². The average molecular weight is 239 g/mol. The van der Waals surface area contributed by atoms with Gasteiger partial charge in [0.25, 0.3) is 0 Å². The van der Waals surface area contributed by atoms with Gasteiger partial charge in [0.1, 0.15) is 5.82 Å². The molecule has 1 aromatic rings. The van der Waals surface area contributed by atoms with Crippen LogP contribution in [-0.2, 0) is 6.42 Å². The SMILES string of the molecule is CC1(C(N)Cc2cccc(F)c2)CCCS1. The highest BCUT2D eigenvalue weighted by atomic mass is 32.2. The molecular formula is C13H18FNS. The average Bonchev–Trinajstić information content (AvgIpc) is 2.66. The molecule has 0 radical (unpaired) electrons. The Labute approximate surface area is 101 Å². The van der Waals surface area contributed by atoms with E-state index in [1.54, 1.807) is 12.1 Å². The van der Waals surface area contributed by atoms with Crippen LogP contribution in [0, 0.1) is 5.82 Å². The largest absolute Gasteiger partial charge is 0.326 e. The number of halogens is 1. The third-order valence-electron chi connectivity index (χ3n) is 3.38. The Kier molecular flexibility index (Phi) is 3.55. The van der Waals surface area contributed by atoms with Crippen LogP contribution in [0.25, 0.3) is 0 Å². The molecule has 88 valence electrons. The van der Waals surface area contributed by atoms with E-state index in [2.05, 4.69) is 6.92 Å². The molecule has 1 heterocycles. The molecule has 1 aliphatic rings. The van der Waals surface area contributed by atoms with E-state index in [9.17, 15) is 4.39 Å². The van der Waals surface area contributed by atoms with Crippen LogP contribution < -0.4 is 5.73 Å². The second-order valence-electron chi connectivity index (χ2n) is 4.71. The molecular weight excluding hydrogens is 221 g/mol. The Morgan fingerprint density at radius 2 is 2.38 bits per heavy atom. The van der Waals surface area contributed by atoms with Crippen molar-refractivity contribution in [3.05, 3.63) is 35.6 Å². The standard InChI is InChI=1S/C13H18FNS/c1-13(6-3-7-16-13)12(15)9-10-4-2-5-11(14)8-10/h2,4-5,8,12H,3,6-7,9,15H2,1H3. The van der Waals surface area contributed by atoms with Crippen LogP contribution >= 0.6 is 11.8 Å². The molecule has 3 heteroatoms. The van der Waals surface area contributed by atoms with Gasteiger partial charge in [-0.15, -0.1) is 0 Å². The first-order valence-corrected chi connectivity index (χ1v) is 6.73. The molecule has 1 aromatic carbocycles. The maximum absolute atomic E-state index is 13.0. The summed E-state index contributed by atoms with van der Waals surface area (Å²) < 4.78 is 13.2. The van der Waals surface area contributed by atoms with Gasteiger partial charge < -0.3 is 5.73 Å². The number of nitrogens with two attached hydrogens (primary N) is 1. The molecule has 1 aliphatic heterocycles. The molecule has 0 bridgehead atoms. The third kappa shape index (κ3) is 2.58. The second-order valence-corrected chi connectivity index (χ2v) is 6.33. The minimum absolute atomic E-state index is 0.113. The summed E-state index contributed by atoms with van der Waals surface area (Å²) in [4.78, 5) is 0. The first kappa shape index (κ1) is 11.9. The summed E-state index contributed by atoms with van der Waals surface area (Å²) in [5.41, 5.74) is 7.25. The molecule has 0 aliphatic carbocycles. The summed E-state index contributed by atoms with van der Waals surface area (Å²) in [5.74, 6) is 1.03. The van der Waals surface area contributed by atoms with Crippen LogP contribution in [0.5, 0.6) is 0 Å². The van der Waals surface area contributed by atoms with Gasteiger partial charge in [0.15, 0.2) is 0 Å². The van der Waals surface area contributed by atoms with Gasteiger partial charge in [0, 0.05) is 10.8 Å². The summed E-state index contributed by atoms with van der Waals surface area (Å²) in [6, 6.07) is 6.87. The van der Waals surface area contributed by atoms with E-state index in [4.69, 9.17) is 5.73 Å². The lowest BCUT2D eigenvalue weighted by atomic mass is 9.91. The van der Waals surface area contributed by atoms with Crippen molar-refractivity contribution in [2.45, 2.75) is 37.0 Å². The van der Waals surface area contributed by atoms with Crippen LogP contribution in [-0.4, -0.2) is 16.5 Å². The molecule has 2 atom stereocenters. The maximum atomic E-state index is 13.0. The van der Waals surface area contributed by atoms with E-state index in [0.29, 0.717) is 0 Å². The normalized spacial score (nSPS) is 26.9. The molecule has 1 fully saturated rings. The van der Waals surface area contributed by atoms with Crippen molar-refractivity contribution < 1.29 is 4.39 Å². The van der Waals surface area contributed by atoms with Crippen molar-refractivity contribution in [1.82, 2.24) is 0 Å². The fraction of sp³-hybridized carbons (Fsp3) is 0.538. The van der Waals surface area contributed by atoms with Crippen LogP contribution in [0.15, 0.2) is 24.3 Å². The topological polar surface area (TPSA) is 26.0 Å². The Morgan fingerprint density at radius 1 is 1.56 bits per heavy atom. The fourth-order valence-corrected chi connectivity index (χ4v) is 3.57. The van der Waals surface area contributed by atoms with E-state index in [-0.39, 0.29) is 16.6 Å². The van der Waals surface area contributed by atoms with Gasteiger partial charge in [-0.1, -0.05) is 12.1 Å². The van der Waals surface area contributed by atoms with Crippen LogP contribution in [0.4, 0.5) is 4.39 Å². The number of thioether (sulfide) groups is 1. The van der Waals surface area contributed by atoms with Crippen molar-refractivity contribution in [2.75, 3.05) is 5.75 Å². The van der Waals surface area contributed by atoms with Gasteiger partial charge in [-0.25, -0.2) is 4.39 Å². The zero-order valence-corrected chi connectivity index (χ0v) is 10.4. The highest BCUT2D eigenvalue weighted by molar-refractivity contribution is 8.00. The number of hydrogen-bond acceptors (Lipinski definition) is 2. The van der Waals surface area contributed by atoms with Crippen molar-refractivity contribution in [1.29, 1.82) is 0 Å². The van der Waals surface area contributed by atoms with E-state index >= 15 is 0 Å². The Morgan fingerprint density at radius 3 is 3.00 bits per heavy atom. The monoisotopic (exact) mass is 239 g/mol. The van der Waals surface area contributed by atoms with Gasteiger partial charge in [0.2, 0.25) is 0 Å². The van der Waals surface area contributed by atoms with Crippen LogP contribution in [0.2, 0.25) is 0 Å². The van der Waals surface area contributed by atoms with E-state index in [1.807, 2.05) is 17.8 Å². The summed E-state index contributed by atoms with van der Waals surface area (Å²) in [6.45, 7) is 2.23. The predicted molar refractivity (Wildman–Crippen MR) is 68.2 cm³/mol. The van der Waals surface area contributed by atoms with Gasteiger partial charge >= 0.3 is 0 Å². The third-order valence-corrected chi connectivity index (χ3v) is 5.04. The van der Waals surface area contributed by atoms with Crippen molar-refractivity contribution in [2.24, 2.45) is 5.73 Å². The van der Waals surface area contributed by atoms with Gasteiger partial charge in [-0.05, 0) is 49.6 Å². The molecule has 2 unspecified atom stereocenters. The van der Waals surface area contributed by atoms with Crippen molar-refractivity contribution >= 4 is 11.8 Å². The summed E-state index contributed by atoms with van der Waals surface area (Å²) in [7, 11) is 0. The molecule has 1 nitrogen and oxygen atoms in total. The molecule has 1 saturated heterocycles. The number of hydrogen-bond donors (Lipinski definition) is 1. The minimum Gasteiger partial charge on any atom is -0.326 e. The van der Waals surface area contributed by atoms with E-state index in [1.165, 1.54) is 24.7 Å². The quantitative estimate of drug-likeness (QED) is 0.877. The molecule has 2 rings (SSSR count). The molecule has 16 heavy (non-hydrogen) atoms. The summed E-state index contributed by atoms with van der Waals surface area (Å²) in [6.07, 6.45) is 3.19. The molecule has 0 amide bonds. The van der Waals surface area contributed by atoms with E-state index < -0.39 is 0 Å². The fourth-order valence-electron chi connectivity index (χ4n) is 2.23. The molecule has 0 spiro atoms. The number of rotatable bonds is 3. The number of benzene rings is 1. The van der Waals surface area contributed by atoms with Gasteiger partial charge in [-0.3, -0.25) is 0 Å². The first-order valence-electron chi connectivity index (χ1n) is 5.74. The lowest BCUT2D eigenvalue weighted by Crippen LogP contribution is -2.42. The van der Waals surface area contributed by atoms with Gasteiger partial charge in [0.05, 0.1) is 0 Å². The molecule has 0 aromatic heterocycles. The van der Waals surface area contributed by atoms with Crippen molar-refractivity contribution in [3.8, 4) is 0 Å². The van der Waals surface area contributed by atoms with Crippen LogP contribution in [0.3, 0.4) is 0 Å². The Bertz CT molecular complexity index is 361. The van der Waals surface area contributed by atoms with Gasteiger partial charge in [-0.2, -0.15) is 11.8 Å². The smallest absolute Gasteiger partial charge is 0.123 e. The molecule has 2 N–H and O–H groups in total. The Hall–Kier alpha value is -0.540. The lowest BCUT2D eigenvalue weighted by molar-refractivity contribution is 0.481. The summed E-state index contributed by atoms with van der Waals surface area (Å²) >= 11 is 1.96. The highest BCUT2D eigenvalue weighted by Crippen LogP contribution is 2.40. The second kappa shape index (κ2) is 4.76. The lowest BCUT2D eigenvalue weighted by Gasteiger charge is -2.30. The predicted octanol–water partition coefficient (Wildman–Crippen LogP) is 2.98. The highest BCUT2D eigenvalue weighted by Gasteiger charge is 2.35. The summed E-state index contributed by atoms with van der Waals surface area (Å²) in [5, 5.41) is 0. The molecule has 0 saturated carbocycles. The minimum atomic E-state index is -0.172. The Balaban J connectivity index is 2.04. The zero-order valence-electron chi connectivity index (χ0n) is 9.58.